The van der Waals surface area contributed by atoms with Crippen molar-refractivity contribution in [2.75, 3.05) is 7.05 Å². The van der Waals surface area contributed by atoms with Crippen LogP contribution in [0.3, 0.4) is 0 Å². The highest BCUT2D eigenvalue weighted by Crippen LogP contribution is 2.36. The Morgan fingerprint density at radius 3 is 2.71 bits per heavy atom. The number of allylic oxidation sites excluding steroid dienone is 3. The Hall–Kier alpha value is -3.21. The fraction of sp³-hybridized carbons (Fsp3) is 0.125. The number of benzene rings is 1. The third-order valence-corrected chi connectivity index (χ3v) is 3.48. The number of hydrogen-bond acceptors (Lipinski definition) is 5. The zero-order valence-corrected chi connectivity index (χ0v) is 12.4. The van der Waals surface area contributed by atoms with E-state index in [1.54, 1.807) is 31.3 Å². The number of guanidine groups is 1. The average Bonchev–Trinajstić information content (AvgIpc) is 2.59. The van der Waals surface area contributed by atoms with E-state index in [1.165, 1.54) is 11.1 Å². The molecule has 8 heteroatoms. The van der Waals surface area contributed by atoms with Crippen LogP contribution in [0.1, 0.15) is 11.1 Å². The van der Waals surface area contributed by atoms with Gasteiger partial charge in [0.1, 0.15) is 0 Å². The maximum Gasteiger partial charge on any atom is 0.416 e. The molecule has 3 rings (SSSR count). The molecule has 1 aromatic carbocycles. The third-order valence-electron chi connectivity index (χ3n) is 3.48. The van der Waals surface area contributed by atoms with Gasteiger partial charge in [0.2, 0.25) is 5.96 Å². The lowest BCUT2D eigenvalue weighted by Gasteiger charge is -2.31. The highest BCUT2D eigenvalue weighted by Gasteiger charge is 2.36. The van der Waals surface area contributed by atoms with E-state index in [2.05, 4.69) is 10.5 Å². The van der Waals surface area contributed by atoms with Crippen molar-refractivity contribution in [2.45, 2.75) is 6.18 Å². The fourth-order valence-electron chi connectivity index (χ4n) is 2.35. The van der Waals surface area contributed by atoms with Crippen LogP contribution in [-0.4, -0.2) is 24.1 Å². The summed E-state index contributed by atoms with van der Waals surface area (Å²) in [5, 5.41) is 15.8. The Labute approximate surface area is 135 Å². The molecule has 0 amide bonds. The second-order valence-corrected chi connectivity index (χ2v) is 4.91. The Kier molecular flexibility index (Phi) is 3.77. The second-order valence-electron chi connectivity index (χ2n) is 4.91. The van der Waals surface area contributed by atoms with Gasteiger partial charge in [0.25, 0.3) is 0 Å². The first kappa shape index (κ1) is 15.7. The zero-order valence-electron chi connectivity index (χ0n) is 12.4. The van der Waals surface area contributed by atoms with Gasteiger partial charge in [-0.25, -0.2) is 0 Å². The molecule has 2 heterocycles. The van der Waals surface area contributed by atoms with Gasteiger partial charge in [-0.15, -0.1) is 0 Å². The summed E-state index contributed by atoms with van der Waals surface area (Å²) in [6.07, 6.45) is -1.32. The van der Waals surface area contributed by atoms with Crippen LogP contribution in [0, 0.1) is 11.3 Å². The van der Waals surface area contributed by atoms with E-state index >= 15 is 0 Å². The average molecular weight is 332 g/mol. The van der Waals surface area contributed by atoms with Crippen molar-refractivity contribution in [2.24, 2.45) is 5.16 Å². The maximum atomic E-state index is 13.1. The van der Waals surface area contributed by atoms with Gasteiger partial charge in [0.15, 0.2) is 5.76 Å². The van der Waals surface area contributed by atoms with Gasteiger partial charge in [-0.1, -0.05) is 12.1 Å². The first-order valence-corrected chi connectivity index (χ1v) is 6.88. The minimum atomic E-state index is -4.50. The Morgan fingerprint density at radius 2 is 2.04 bits per heavy atom. The van der Waals surface area contributed by atoms with Crippen molar-refractivity contribution in [3.05, 3.63) is 65.0 Å². The molecule has 0 bridgehead atoms. The van der Waals surface area contributed by atoms with E-state index in [4.69, 9.17) is 4.84 Å². The van der Waals surface area contributed by atoms with Gasteiger partial charge < -0.3 is 10.2 Å². The first-order chi connectivity index (χ1) is 11.5. The summed E-state index contributed by atoms with van der Waals surface area (Å²) in [6.45, 7) is 0. The van der Waals surface area contributed by atoms with Crippen LogP contribution in [0.5, 0.6) is 0 Å². The molecule has 5 nitrogen and oxygen atoms in total. The number of nitriles is 1. The van der Waals surface area contributed by atoms with Crippen LogP contribution in [0.4, 0.5) is 13.2 Å². The van der Waals surface area contributed by atoms with Crippen LogP contribution in [0.2, 0.25) is 0 Å². The molecule has 0 atom stereocenters. The molecule has 0 spiro atoms. The lowest BCUT2D eigenvalue weighted by Crippen LogP contribution is -2.39. The Morgan fingerprint density at radius 1 is 1.29 bits per heavy atom. The molecule has 1 aromatic rings. The van der Waals surface area contributed by atoms with Crippen LogP contribution < -0.4 is 5.32 Å². The highest BCUT2D eigenvalue weighted by molar-refractivity contribution is 5.88. The van der Waals surface area contributed by atoms with Crippen molar-refractivity contribution in [3.8, 4) is 6.07 Å². The normalized spacial score (nSPS) is 16.7. The second kappa shape index (κ2) is 5.77. The number of rotatable bonds is 1. The van der Waals surface area contributed by atoms with Gasteiger partial charge in [-0.3, -0.25) is 4.90 Å². The van der Waals surface area contributed by atoms with Crippen LogP contribution in [0.25, 0.3) is 5.76 Å². The number of fused-ring (bicyclic) bond motifs is 1. The van der Waals surface area contributed by atoms with Crippen LogP contribution in [0.15, 0.2) is 59.0 Å². The first-order valence-electron chi connectivity index (χ1n) is 6.88. The lowest BCUT2D eigenvalue weighted by atomic mass is 10.0. The van der Waals surface area contributed by atoms with Crippen molar-refractivity contribution in [1.29, 1.82) is 5.26 Å². The van der Waals surface area contributed by atoms with Crippen molar-refractivity contribution in [1.82, 2.24) is 10.2 Å². The number of alkyl halides is 3. The largest absolute Gasteiger partial charge is 0.416 e. The lowest BCUT2D eigenvalue weighted by molar-refractivity contribution is -0.0885. The quantitative estimate of drug-likeness (QED) is 0.859. The molecule has 0 saturated carbocycles. The molecular formula is C16H11F3N4O. The zero-order chi connectivity index (χ0) is 17.3. The standard InChI is InChI=1S/C16H11F3N4O/c1-21-15-22-24-14(12-5-3-2-4-10(12)9-20)13-8-11(16(17,18)19)6-7-23(13)15/h2-8H,1H3,(H,21,22). The SMILES string of the molecule is CNC1=NOC(c2ccccc2C#N)=C2C=C(C(F)(F)F)C=CN12. The molecule has 24 heavy (non-hydrogen) atoms. The van der Waals surface area contributed by atoms with Crippen LogP contribution in [-0.2, 0) is 4.84 Å². The topological polar surface area (TPSA) is 60.7 Å². The molecule has 2 aliphatic heterocycles. The molecule has 122 valence electrons. The Bertz CT molecular complexity index is 844. The number of nitrogens with zero attached hydrogens (tertiary/aromatic N) is 3. The van der Waals surface area contributed by atoms with Crippen molar-refractivity contribution >= 4 is 11.7 Å². The smallest absolute Gasteiger partial charge is 0.356 e. The van der Waals surface area contributed by atoms with E-state index in [-0.39, 0.29) is 23.0 Å². The van der Waals surface area contributed by atoms with E-state index in [9.17, 15) is 18.4 Å². The summed E-state index contributed by atoms with van der Waals surface area (Å²) in [5.74, 6) is 0.314. The summed E-state index contributed by atoms with van der Waals surface area (Å²) in [6, 6.07) is 8.48. The molecule has 0 saturated heterocycles. The van der Waals surface area contributed by atoms with E-state index in [0.29, 0.717) is 5.56 Å². The third kappa shape index (κ3) is 2.60. The summed E-state index contributed by atoms with van der Waals surface area (Å²) >= 11 is 0. The summed E-state index contributed by atoms with van der Waals surface area (Å²) < 4.78 is 39.2. The van der Waals surface area contributed by atoms with Gasteiger partial charge in [0, 0.05) is 18.8 Å². The van der Waals surface area contributed by atoms with Crippen LogP contribution >= 0.6 is 0 Å². The van der Waals surface area contributed by atoms with E-state index < -0.39 is 11.7 Å². The van der Waals surface area contributed by atoms with Crippen molar-refractivity contribution < 1.29 is 18.0 Å². The molecule has 0 unspecified atom stereocenters. The highest BCUT2D eigenvalue weighted by atomic mass is 19.4. The van der Waals surface area contributed by atoms with Gasteiger partial charge in [0.05, 0.1) is 22.9 Å². The number of halogens is 3. The molecular weight excluding hydrogens is 321 g/mol. The molecule has 0 radical (unpaired) electrons. The maximum absolute atomic E-state index is 13.1. The predicted octanol–water partition coefficient (Wildman–Crippen LogP) is 3.07. The van der Waals surface area contributed by atoms with Gasteiger partial charge in [-0.2, -0.15) is 18.4 Å². The summed E-state index contributed by atoms with van der Waals surface area (Å²) in [5.41, 5.74) is -0.0277. The molecule has 2 aliphatic rings. The molecule has 0 fully saturated rings. The minimum absolute atomic E-state index is 0.0808. The monoisotopic (exact) mass is 332 g/mol. The Balaban J connectivity index is 2.20. The van der Waals surface area contributed by atoms with Gasteiger partial charge >= 0.3 is 6.18 Å². The number of oxime groups is 1. The number of nitrogens with one attached hydrogen (secondary N) is 1. The summed E-state index contributed by atoms with van der Waals surface area (Å²) in [4.78, 5) is 6.74. The predicted molar refractivity (Wildman–Crippen MR) is 80.8 cm³/mol. The minimum Gasteiger partial charge on any atom is -0.356 e. The molecule has 1 N–H and O–H groups in total. The van der Waals surface area contributed by atoms with E-state index in [0.717, 1.165) is 12.2 Å². The van der Waals surface area contributed by atoms with Gasteiger partial charge in [-0.05, 0) is 29.4 Å². The number of hydrogen-bond donors (Lipinski definition) is 1. The fourth-order valence-corrected chi connectivity index (χ4v) is 2.35. The summed E-state index contributed by atoms with van der Waals surface area (Å²) in [7, 11) is 1.57. The molecule has 0 aliphatic carbocycles. The van der Waals surface area contributed by atoms with Crippen molar-refractivity contribution in [3.63, 3.8) is 0 Å². The van der Waals surface area contributed by atoms with E-state index in [1.807, 2.05) is 6.07 Å². The molecule has 0 aromatic heterocycles.